The highest BCUT2D eigenvalue weighted by Gasteiger charge is 2.01. The molecule has 0 aliphatic heterocycles. The Labute approximate surface area is 89.7 Å². The second kappa shape index (κ2) is 6.65. The van der Waals surface area contributed by atoms with Crippen molar-refractivity contribution in [2.75, 3.05) is 16.8 Å². The second-order valence-electron chi connectivity index (χ2n) is 3.12. The van der Waals surface area contributed by atoms with Crippen molar-refractivity contribution in [3.05, 3.63) is 18.6 Å². The Bertz CT molecular complexity index is 240. The predicted octanol–water partition coefficient (Wildman–Crippen LogP) is 2.42. The normalized spacial score (nSPS) is 12.4. The van der Waals surface area contributed by atoms with Crippen LogP contribution in [-0.2, 0) is 0 Å². The molecule has 0 bridgehead atoms. The third-order valence-corrected chi connectivity index (χ3v) is 2.79. The third-order valence-electron chi connectivity index (χ3n) is 1.86. The van der Waals surface area contributed by atoms with Gasteiger partial charge in [-0.15, -0.1) is 0 Å². The van der Waals surface area contributed by atoms with E-state index in [1.165, 1.54) is 11.5 Å². The maximum Gasteiger partial charge on any atom is 0.144 e. The molecule has 1 aromatic rings. The molecule has 78 valence electrons. The zero-order chi connectivity index (χ0) is 10.2. The summed E-state index contributed by atoms with van der Waals surface area (Å²) in [7, 11) is 0. The number of nitrogens with zero attached hydrogens (tertiary/aromatic N) is 2. The van der Waals surface area contributed by atoms with Crippen LogP contribution in [0.25, 0.3) is 0 Å². The molecule has 0 aliphatic carbocycles. The molecule has 1 heterocycles. The summed E-state index contributed by atoms with van der Waals surface area (Å²) < 4.78 is 0. The lowest BCUT2D eigenvalue weighted by Gasteiger charge is -2.13. The van der Waals surface area contributed by atoms with Gasteiger partial charge in [-0.1, -0.05) is 6.92 Å². The molecule has 1 atom stereocenters. The Morgan fingerprint density at radius 1 is 1.50 bits per heavy atom. The zero-order valence-corrected chi connectivity index (χ0v) is 9.55. The minimum Gasteiger partial charge on any atom is -0.366 e. The molecule has 1 rings (SSSR count). The number of rotatable bonds is 6. The standard InChI is InChI=1S/C10H17N3S/c1-3-14-7-4-9(2)13-10-8-11-5-6-12-10/h5-6,8-9H,3-4,7H2,1-2H3,(H,12,13). The molecule has 1 aromatic heterocycles. The van der Waals surface area contributed by atoms with E-state index in [2.05, 4.69) is 29.1 Å². The average Bonchev–Trinajstić information content (AvgIpc) is 2.20. The summed E-state index contributed by atoms with van der Waals surface area (Å²) in [5, 5.41) is 3.31. The van der Waals surface area contributed by atoms with E-state index in [4.69, 9.17) is 0 Å². The summed E-state index contributed by atoms with van der Waals surface area (Å²) in [6.45, 7) is 4.36. The van der Waals surface area contributed by atoms with E-state index in [0.29, 0.717) is 6.04 Å². The van der Waals surface area contributed by atoms with Crippen molar-refractivity contribution in [1.29, 1.82) is 0 Å². The van der Waals surface area contributed by atoms with Gasteiger partial charge in [0, 0.05) is 18.4 Å². The number of hydrogen-bond donors (Lipinski definition) is 1. The smallest absolute Gasteiger partial charge is 0.144 e. The lowest BCUT2D eigenvalue weighted by Crippen LogP contribution is -2.16. The molecule has 0 saturated heterocycles. The minimum absolute atomic E-state index is 0.464. The van der Waals surface area contributed by atoms with Gasteiger partial charge in [0.1, 0.15) is 5.82 Å². The number of nitrogens with one attached hydrogen (secondary N) is 1. The molecule has 0 aliphatic rings. The lowest BCUT2D eigenvalue weighted by atomic mass is 10.2. The number of hydrogen-bond acceptors (Lipinski definition) is 4. The van der Waals surface area contributed by atoms with E-state index in [-0.39, 0.29) is 0 Å². The van der Waals surface area contributed by atoms with E-state index in [1.54, 1.807) is 18.6 Å². The van der Waals surface area contributed by atoms with E-state index in [0.717, 1.165) is 12.2 Å². The number of anilines is 1. The van der Waals surface area contributed by atoms with Crippen LogP contribution in [-0.4, -0.2) is 27.5 Å². The summed E-state index contributed by atoms with van der Waals surface area (Å²) in [5.41, 5.74) is 0. The monoisotopic (exact) mass is 211 g/mol. The van der Waals surface area contributed by atoms with Gasteiger partial charge in [-0.2, -0.15) is 11.8 Å². The van der Waals surface area contributed by atoms with Gasteiger partial charge in [-0.25, -0.2) is 4.98 Å². The van der Waals surface area contributed by atoms with Crippen LogP contribution in [0.1, 0.15) is 20.3 Å². The fourth-order valence-corrected chi connectivity index (χ4v) is 1.91. The van der Waals surface area contributed by atoms with Crippen LogP contribution in [0.2, 0.25) is 0 Å². The highest BCUT2D eigenvalue weighted by molar-refractivity contribution is 7.99. The van der Waals surface area contributed by atoms with Gasteiger partial charge in [0.2, 0.25) is 0 Å². The van der Waals surface area contributed by atoms with Crippen molar-refractivity contribution < 1.29 is 0 Å². The highest BCUT2D eigenvalue weighted by Crippen LogP contribution is 2.07. The topological polar surface area (TPSA) is 37.8 Å². The molecule has 0 fully saturated rings. The van der Waals surface area contributed by atoms with Crippen molar-refractivity contribution in [1.82, 2.24) is 9.97 Å². The molecular formula is C10H17N3S. The molecule has 0 aromatic carbocycles. The molecule has 4 heteroatoms. The zero-order valence-electron chi connectivity index (χ0n) is 8.73. The van der Waals surface area contributed by atoms with Crippen LogP contribution in [0.4, 0.5) is 5.82 Å². The van der Waals surface area contributed by atoms with Crippen LogP contribution >= 0.6 is 11.8 Å². The van der Waals surface area contributed by atoms with Crippen molar-refractivity contribution in [2.45, 2.75) is 26.3 Å². The first-order chi connectivity index (χ1) is 6.83. The van der Waals surface area contributed by atoms with Crippen molar-refractivity contribution >= 4 is 17.6 Å². The van der Waals surface area contributed by atoms with Gasteiger partial charge in [0.15, 0.2) is 0 Å². The van der Waals surface area contributed by atoms with E-state index in [1.807, 2.05) is 11.8 Å². The third kappa shape index (κ3) is 4.46. The van der Waals surface area contributed by atoms with Gasteiger partial charge < -0.3 is 5.32 Å². The molecule has 3 nitrogen and oxygen atoms in total. The van der Waals surface area contributed by atoms with Gasteiger partial charge >= 0.3 is 0 Å². The first kappa shape index (κ1) is 11.3. The summed E-state index contributed by atoms with van der Waals surface area (Å²) in [6, 6.07) is 0.464. The highest BCUT2D eigenvalue weighted by atomic mass is 32.2. The summed E-state index contributed by atoms with van der Waals surface area (Å²) in [5.74, 6) is 3.25. The Hall–Kier alpha value is -0.770. The quantitative estimate of drug-likeness (QED) is 0.733. The maximum atomic E-state index is 4.17. The van der Waals surface area contributed by atoms with Crippen LogP contribution < -0.4 is 5.32 Å². The fraction of sp³-hybridized carbons (Fsp3) is 0.600. The Morgan fingerprint density at radius 2 is 2.36 bits per heavy atom. The molecule has 0 radical (unpaired) electrons. The van der Waals surface area contributed by atoms with Gasteiger partial charge in [0.05, 0.1) is 6.20 Å². The van der Waals surface area contributed by atoms with Crippen molar-refractivity contribution in [2.24, 2.45) is 0 Å². The Morgan fingerprint density at radius 3 is 3.00 bits per heavy atom. The van der Waals surface area contributed by atoms with Crippen LogP contribution in [0.3, 0.4) is 0 Å². The Balaban J connectivity index is 2.23. The second-order valence-corrected chi connectivity index (χ2v) is 4.52. The molecule has 0 amide bonds. The van der Waals surface area contributed by atoms with E-state index in [9.17, 15) is 0 Å². The molecule has 0 spiro atoms. The van der Waals surface area contributed by atoms with E-state index >= 15 is 0 Å². The predicted molar refractivity (Wildman–Crippen MR) is 62.7 cm³/mol. The first-order valence-corrected chi connectivity index (χ1v) is 6.08. The molecule has 1 unspecified atom stereocenters. The van der Waals surface area contributed by atoms with Crippen LogP contribution in [0.15, 0.2) is 18.6 Å². The lowest BCUT2D eigenvalue weighted by molar-refractivity contribution is 0.765. The minimum atomic E-state index is 0.464. The van der Waals surface area contributed by atoms with Gasteiger partial charge in [-0.05, 0) is 24.9 Å². The average molecular weight is 211 g/mol. The molecule has 0 saturated carbocycles. The molecule has 14 heavy (non-hydrogen) atoms. The summed E-state index contributed by atoms with van der Waals surface area (Å²) in [4.78, 5) is 8.17. The van der Waals surface area contributed by atoms with Gasteiger partial charge in [-0.3, -0.25) is 4.98 Å². The summed E-state index contributed by atoms with van der Waals surface area (Å²) >= 11 is 1.97. The number of thioether (sulfide) groups is 1. The SMILES string of the molecule is CCSCCC(C)Nc1cnccn1. The summed E-state index contributed by atoms with van der Waals surface area (Å²) in [6.07, 6.45) is 6.30. The fourth-order valence-electron chi connectivity index (χ4n) is 1.10. The number of aromatic nitrogens is 2. The van der Waals surface area contributed by atoms with E-state index < -0.39 is 0 Å². The largest absolute Gasteiger partial charge is 0.366 e. The maximum absolute atomic E-state index is 4.17. The van der Waals surface area contributed by atoms with Gasteiger partial charge in [0.25, 0.3) is 0 Å². The van der Waals surface area contributed by atoms with Crippen LogP contribution in [0.5, 0.6) is 0 Å². The Kier molecular flexibility index (Phi) is 5.37. The molecule has 1 N–H and O–H groups in total. The molecular weight excluding hydrogens is 194 g/mol. The van der Waals surface area contributed by atoms with Crippen molar-refractivity contribution in [3.8, 4) is 0 Å². The van der Waals surface area contributed by atoms with Crippen LogP contribution in [0, 0.1) is 0 Å². The first-order valence-electron chi connectivity index (χ1n) is 4.93. The van der Waals surface area contributed by atoms with Crippen molar-refractivity contribution in [3.63, 3.8) is 0 Å².